The van der Waals surface area contributed by atoms with Crippen LogP contribution in [0.3, 0.4) is 0 Å². The fraction of sp³-hybridized carbons (Fsp3) is 0. The van der Waals surface area contributed by atoms with Gasteiger partial charge in [-0.3, -0.25) is 0 Å². The normalized spacial score (nSPS) is 12.0. The lowest BCUT2D eigenvalue weighted by Crippen LogP contribution is -1.91. The van der Waals surface area contributed by atoms with Gasteiger partial charge < -0.3 is 0 Å². The van der Waals surface area contributed by atoms with Gasteiger partial charge in [0.1, 0.15) is 0 Å². The number of fused-ring (bicyclic) bond motifs is 4. The maximum absolute atomic E-state index is 2.37. The third-order valence-electron chi connectivity index (χ3n) is 8.79. The molecule has 0 aliphatic rings. The molecule has 0 heteroatoms. The Labute approximate surface area is 232 Å². The molecule has 9 rings (SSSR count). The standard InChI is InChI=1S/C40H24/c1-2-8-25(9-3-1)31-19-15-27-17-22-34-35(23-18-28-16-21-33(31)38(27)39(28)34)40-32-13-7-5-11-29(32)24-37-30-12-6-4-10-26(30)14-20-36(37)40/h1-24H. The first-order valence-electron chi connectivity index (χ1n) is 13.9. The zero-order chi connectivity index (χ0) is 26.2. The summed E-state index contributed by atoms with van der Waals surface area (Å²) in [5.41, 5.74) is 5.16. The zero-order valence-electron chi connectivity index (χ0n) is 21.9. The summed E-state index contributed by atoms with van der Waals surface area (Å²) in [5.74, 6) is 0. The van der Waals surface area contributed by atoms with Crippen LogP contribution >= 0.6 is 0 Å². The van der Waals surface area contributed by atoms with Gasteiger partial charge in [0.05, 0.1) is 0 Å². The molecule has 0 heterocycles. The minimum atomic E-state index is 1.26. The van der Waals surface area contributed by atoms with E-state index in [1.165, 1.54) is 86.9 Å². The molecule has 0 saturated heterocycles. The molecule has 0 unspecified atom stereocenters. The highest BCUT2D eigenvalue weighted by molar-refractivity contribution is 6.30. The Morgan fingerprint density at radius 3 is 1.60 bits per heavy atom. The lowest BCUT2D eigenvalue weighted by atomic mass is 9.84. The smallest absolute Gasteiger partial charge is 0.00203 e. The van der Waals surface area contributed by atoms with Gasteiger partial charge >= 0.3 is 0 Å². The Morgan fingerprint density at radius 2 is 0.825 bits per heavy atom. The lowest BCUT2D eigenvalue weighted by Gasteiger charge is -2.19. The molecule has 0 saturated carbocycles. The fourth-order valence-corrected chi connectivity index (χ4v) is 7.00. The summed E-state index contributed by atoms with van der Waals surface area (Å²) in [4.78, 5) is 0. The van der Waals surface area contributed by atoms with E-state index in [-0.39, 0.29) is 0 Å². The molecule has 0 bridgehead atoms. The van der Waals surface area contributed by atoms with E-state index in [2.05, 4.69) is 146 Å². The largest absolute Gasteiger partial charge is 0.0622 e. The molecule has 0 radical (unpaired) electrons. The highest BCUT2D eigenvalue weighted by Gasteiger charge is 2.18. The average molecular weight is 505 g/mol. The molecular formula is C40H24. The second-order valence-electron chi connectivity index (χ2n) is 10.9. The second kappa shape index (κ2) is 8.15. The summed E-state index contributed by atoms with van der Waals surface area (Å²) in [7, 11) is 0. The molecule has 40 heavy (non-hydrogen) atoms. The summed E-state index contributed by atoms with van der Waals surface area (Å²) >= 11 is 0. The van der Waals surface area contributed by atoms with E-state index in [9.17, 15) is 0 Å². The van der Waals surface area contributed by atoms with Crippen molar-refractivity contribution in [1.82, 2.24) is 0 Å². The van der Waals surface area contributed by atoms with E-state index < -0.39 is 0 Å². The van der Waals surface area contributed by atoms with Gasteiger partial charge in [0.25, 0.3) is 0 Å². The van der Waals surface area contributed by atoms with Crippen LogP contribution < -0.4 is 0 Å². The fourth-order valence-electron chi connectivity index (χ4n) is 7.00. The van der Waals surface area contributed by atoms with Crippen molar-refractivity contribution >= 4 is 64.6 Å². The molecule has 0 aliphatic carbocycles. The summed E-state index contributed by atoms with van der Waals surface area (Å²) in [6.45, 7) is 0. The zero-order valence-corrected chi connectivity index (χ0v) is 21.9. The quantitative estimate of drug-likeness (QED) is 0.162. The number of rotatable bonds is 2. The van der Waals surface area contributed by atoms with Crippen molar-refractivity contribution in [2.75, 3.05) is 0 Å². The van der Waals surface area contributed by atoms with Crippen molar-refractivity contribution in [3.8, 4) is 22.3 Å². The Kier molecular flexibility index (Phi) is 4.42. The molecule has 9 aromatic carbocycles. The highest BCUT2D eigenvalue weighted by atomic mass is 14.2. The van der Waals surface area contributed by atoms with Gasteiger partial charge in [-0.05, 0) is 93.0 Å². The Morgan fingerprint density at radius 1 is 0.275 bits per heavy atom. The van der Waals surface area contributed by atoms with Crippen LogP contribution in [0.15, 0.2) is 146 Å². The predicted octanol–water partition coefficient (Wildman–Crippen LogP) is 11.4. The van der Waals surface area contributed by atoms with Crippen molar-refractivity contribution in [2.45, 2.75) is 0 Å². The molecule has 9 aromatic rings. The average Bonchev–Trinajstić information content (AvgIpc) is 3.03. The molecule has 0 amide bonds. The molecule has 0 aromatic heterocycles. The van der Waals surface area contributed by atoms with Crippen LogP contribution in [0.25, 0.3) is 86.9 Å². The molecule has 0 N–H and O–H groups in total. The van der Waals surface area contributed by atoms with Gasteiger partial charge in [0.15, 0.2) is 0 Å². The lowest BCUT2D eigenvalue weighted by molar-refractivity contribution is 1.66. The third-order valence-corrected chi connectivity index (χ3v) is 8.79. The van der Waals surface area contributed by atoms with E-state index >= 15 is 0 Å². The molecule has 0 aliphatic heterocycles. The Bertz CT molecular complexity index is 2410. The van der Waals surface area contributed by atoms with Crippen LogP contribution in [0, 0.1) is 0 Å². The van der Waals surface area contributed by atoms with E-state index in [4.69, 9.17) is 0 Å². The van der Waals surface area contributed by atoms with Gasteiger partial charge in [-0.1, -0.05) is 140 Å². The monoisotopic (exact) mass is 504 g/mol. The highest BCUT2D eigenvalue weighted by Crippen LogP contribution is 2.46. The molecule has 0 spiro atoms. The van der Waals surface area contributed by atoms with Crippen LogP contribution in [0.1, 0.15) is 0 Å². The first-order chi connectivity index (χ1) is 19.8. The van der Waals surface area contributed by atoms with Crippen molar-refractivity contribution in [3.05, 3.63) is 146 Å². The van der Waals surface area contributed by atoms with Gasteiger partial charge in [0.2, 0.25) is 0 Å². The van der Waals surface area contributed by atoms with E-state index in [1.54, 1.807) is 0 Å². The maximum atomic E-state index is 2.37. The van der Waals surface area contributed by atoms with Gasteiger partial charge in [-0.15, -0.1) is 0 Å². The van der Waals surface area contributed by atoms with Crippen LogP contribution in [-0.4, -0.2) is 0 Å². The van der Waals surface area contributed by atoms with Crippen LogP contribution in [0.4, 0.5) is 0 Å². The van der Waals surface area contributed by atoms with Crippen molar-refractivity contribution in [3.63, 3.8) is 0 Å². The van der Waals surface area contributed by atoms with E-state index in [0.29, 0.717) is 0 Å². The number of benzene rings is 9. The SMILES string of the molecule is c1ccc(-c2ccc3ccc4c(-c5c6ccccc6cc6c5ccc5ccccc56)ccc5ccc2c3c54)cc1. The van der Waals surface area contributed by atoms with E-state index in [1.807, 2.05) is 0 Å². The predicted molar refractivity (Wildman–Crippen MR) is 174 cm³/mol. The minimum Gasteiger partial charge on any atom is -0.0622 e. The Hall–Kier alpha value is -5.20. The van der Waals surface area contributed by atoms with Crippen molar-refractivity contribution in [2.24, 2.45) is 0 Å². The van der Waals surface area contributed by atoms with Gasteiger partial charge in [0, 0.05) is 0 Å². The summed E-state index contributed by atoms with van der Waals surface area (Å²) < 4.78 is 0. The van der Waals surface area contributed by atoms with Gasteiger partial charge in [-0.2, -0.15) is 0 Å². The van der Waals surface area contributed by atoms with Crippen molar-refractivity contribution < 1.29 is 0 Å². The van der Waals surface area contributed by atoms with Crippen LogP contribution in [-0.2, 0) is 0 Å². The summed E-state index contributed by atoms with van der Waals surface area (Å²) in [6.07, 6.45) is 0. The third kappa shape index (κ3) is 2.96. The molecule has 0 nitrogen and oxygen atoms in total. The molecule has 0 fully saturated rings. The number of hydrogen-bond acceptors (Lipinski definition) is 0. The molecule has 184 valence electrons. The second-order valence-corrected chi connectivity index (χ2v) is 10.9. The van der Waals surface area contributed by atoms with Crippen LogP contribution in [0.2, 0.25) is 0 Å². The first-order valence-corrected chi connectivity index (χ1v) is 13.9. The van der Waals surface area contributed by atoms with Crippen molar-refractivity contribution in [1.29, 1.82) is 0 Å². The summed E-state index contributed by atoms with van der Waals surface area (Å²) in [6, 6.07) is 53.8. The molecule has 0 atom stereocenters. The summed E-state index contributed by atoms with van der Waals surface area (Å²) in [5, 5.41) is 15.7. The minimum absolute atomic E-state index is 1.26. The van der Waals surface area contributed by atoms with Gasteiger partial charge in [-0.25, -0.2) is 0 Å². The number of hydrogen-bond donors (Lipinski definition) is 0. The first kappa shape index (κ1) is 21.7. The topological polar surface area (TPSA) is 0 Å². The van der Waals surface area contributed by atoms with E-state index in [0.717, 1.165) is 0 Å². The maximum Gasteiger partial charge on any atom is -0.00203 e. The Balaban J connectivity index is 1.45. The molecular weight excluding hydrogens is 480 g/mol. The van der Waals surface area contributed by atoms with Crippen LogP contribution in [0.5, 0.6) is 0 Å².